The van der Waals surface area contributed by atoms with Crippen LogP contribution in [0.2, 0.25) is 0 Å². The van der Waals surface area contributed by atoms with Gasteiger partial charge in [0, 0.05) is 0 Å². The Morgan fingerprint density at radius 3 is 2.42 bits per heavy atom. The summed E-state index contributed by atoms with van der Waals surface area (Å²) in [4.78, 5) is 26.6. The Hall–Kier alpha value is -3.58. The number of hydrogen-bond acceptors (Lipinski definition) is 5. The Labute approximate surface area is 183 Å². The molecule has 31 heavy (non-hydrogen) atoms. The number of ether oxygens (including phenoxy) is 2. The molecule has 1 aliphatic rings. The fraction of sp³-hybridized carbons (Fsp3) is 0.0833. The largest absolute Gasteiger partial charge is 0.493 e. The van der Waals surface area contributed by atoms with E-state index in [2.05, 4.69) is 0 Å². The number of hydrogen-bond donors (Lipinski definition) is 0. The van der Waals surface area contributed by atoms with E-state index in [0.717, 1.165) is 22.2 Å². The predicted octanol–water partition coefficient (Wildman–Crippen LogP) is 5.65. The fourth-order valence-corrected chi connectivity index (χ4v) is 3.90. The van der Waals surface area contributed by atoms with Crippen LogP contribution < -0.4 is 14.4 Å². The second-order valence-corrected chi connectivity index (χ2v) is 7.67. The molecule has 1 aliphatic heterocycles. The molecule has 1 saturated heterocycles. The van der Waals surface area contributed by atoms with E-state index in [1.807, 2.05) is 6.07 Å². The number of carbonyl (C=O) groups is 2. The minimum atomic E-state index is -0.364. The molecular formula is C24H18FNO4S. The molecule has 1 heterocycles. The summed E-state index contributed by atoms with van der Waals surface area (Å²) in [6, 6.07) is 20.1. The van der Waals surface area contributed by atoms with Crippen molar-refractivity contribution in [2.24, 2.45) is 0 Å². The lowest BCUT2D eigenvalue weighted by Gasteiger charge is -2.12. The number of amides is 2. The molecule has 156 valence electrons. The highest BCUT2D eigenvalue weighted by Crippen LogP contribution is 2.37. The number of nitrogens with zero attached hydrogens (tertiary/aromatic N) is 1. The van der Waals surface area contributed by atoms with Gasteiger partial charge in [-0.15, -0.1) is 0 Å². The van der Waals surface area contributed by atoms with Crippen molar-refractivity contribution in [3.8, 4) is 11.5 Å². The third-order valence-corrected chi connectivity index (χ3v) is 5.47. The molecule has 2 amide bonds. The summed E-state index contributed by atoms with van der Waals surface area (Å²) < 4.78 is 24.2. The van der Waals surface area contributed by atoms with Gasteiger partial charge in [0.2, 0.25) is 0 Å². The lowest BCUT2D eigenvalue weighted by Crippen LogP contribution is -2.27. The van der Waals surface area contributed by atoms with Gasteiger partial charge in [0.15, 0.2) is 11.5 Å². The van der Waals surface area contributed by atoms with E-state index >= 15 is 0 Å². The number of carbonyl (C=O) groups excluding carboxylic acids is 2. The average molecular weight is 435 g/mol. The normalized spacial score (nSPS) is 14.9. The second-order valence-electron chi connectivity index (χ2n) is 6.68. The summed E-state index contributed by atoms with van der Waals surface area (Å²) in [5.74, 6) is 0.332. The van der Waals surface area contributed by atoms with Gasteiger partial charge < -0.3 is 9.47 Å². The summed E-state index contributed by atoms with van der Waals surface area (Å²) >= 11 is 0.894. The van der Waals surface area contributed by atoms with Crippen molar-refractivity contribution < 1.29 is 23.5 Å². The molecule has 0 radical (unpaired) electrons. The third kappa shape index (κ3) is 4.62. The topological polar surface area (TPSA) is 55.8 Å². The Bertz CT molecular complexity index is 1150. The van der Waals surface area contributed by atoms with E-state index < -0.39 is 0 Å². The van der Waals surface area contributed by atoms with Crippen LogP contribution in [0.25, 0.3) is 6.08 Å². The highest BCUT2D eigenvalue weighted by atomic mass is 32.2. The zero-order valence-corrected chi connectivity index (χ0v) is 17.4. The van der Waals surface area contributed by atoms with Crippen molar-refractivity contribution in [3.05, 3.63) is 94.6 Å². The molecule has 0 N–H and O–H groups in total. The molecular weight excluding hydrogens is 417 g/mol. The van der Waals surface area contributed by atoms with Gasteiger partial charge in [-0.2, -0.15) is 0 Å². The van der Waals surface area contributed by atoms with E-state index in [1.54, 1.807) is 60.7 Å². The third-order valence-electron chi connectivity index (χ3n) is 4.60. The predicted molar refractivity (Wildman–Crippen MR) is 119 cm³/mol. The number of anilines is 1. The number of methoxy groups -OCH3 is 1. The van der Waals surface area contributed by atoms with Gasteiger partial charge >= 0.3 is 0 Å². The van der Waals surface area contributed by atoms with Gasteiger partial charge in [-0.1, -0.05) is 36.4 Å². The monoisotopic (exact) mass is 435 g/mol. The standard InChI is InChI=1S/C24H18FNO4S/c1-29-21-13-17(9-12-20(21)30-15-16-7-10-18(25)11-8-16)14-22-23(27)26(24(28)31-22)19-5-3-2-4-6-19/h2-14H,15H2,1H3/b22-14+. The van der Waals surface area contributed by atoms with Crippen LogP contribution in [-0.4, -0.2) is 18.3 Å². The van der Waals surface area contributed by atoms with Crippen molar-refractivity contribution in [2.75, 3.05) is 12.0 Å². The van der Waals surface area contributed by atoms with Gasteiger partial charge in [0.25, 0.3) is 11.1 Å². The minimum absolute atomic E-state index is 0.256. The van der Waals surface area contributed by atoms with Crippen molar-refractivity contribution >= 4 is 34.7 Å². The van der Waals surface area contributed by atoms with Crippen LogP contribution in [0.15, 0.2) is 77.7 Å². The van der Waals surface area contributed by atoms with Crippen LogP contribution in [-0.2, 0) is 11.4 Å². The molecule has 4 rings (SSSR count). The maximum atomic E-state index is 13.0. The van der Waals surface area contributed by atoms with Crippen LogP contribution in [0, 0.1) is 5.82 Å². The van der Waals surface area contributed by atoms with E-state index in [4.69, 9.17) is 9.47 Å². The number of benzene rings is 3. The van der Waals surface area contributed by atoms with Gasteiger partial charge in [-0.3, -0.25) is 9.59 Å². The lowest BCUT2D eigenvalue weighted by atomic mass is 10.1. The Kier molecular flexibility index (Phi) is 6.04. The zero-order valence-electron chi connectivity index (χ0n) is 16.6. The Balaban J connectivity index is 1.52. The van der Waals surface area contributed by atoms with E-state index in [-0.39, 0.29) is 23.6 Å². The van der Waals surface area contributed by atoms with E-state index in [1.165, 1.54) is 19.2 Å². The van der Waals surface area contributed by atoms with Crippen LogP contribution in [0.1, 0.15) is 11.1 Å². The number of para-hydroxylation sites is 1. The number of imide groups is 1. The molecule has 0 bridgehead atoms. The number of halogens is 1. The number of rotatable bonds is 6. The Morgan fingerprint density at radius 1 is 0.968 bits per heavy atom. The average Bonchev–Trinajstić information content (AvgIpc) is 3.07. The van der Waals surface area contributed by atoms with Crippen molar-refractivity contribution in [3.63, 3.8) is 0 Å². The summed E-state index contributed by atoms with van der Waals surface area (Å²) in [6.07, 6.45) is 1.65. The first kappa shape index (κ1) is 20.7. The molecule has 3 aromatic rings. The minimum Gasteiger partial charge on any atom is -0.493 e. The van der Waals surface area contributed by atoms with Crippen molar-refractivity contribution in [1.82, 2.24) is 0 Å². The van der Waals surface area contributed by atoms with E-state index in [0.29, 0.717) is 27.7 Å². The molecule has 0 unspecified atom stereocenters. The highest BCUT2D eigenvalue weighted by molar-refractivity contribution is 8.19. The maximum Gasteiger partial charge on any atom is 0.298 e. The van der Waals surface area contributed by atoms with Crippen molar-refractivity contribution in [2.45, 2.75) is 6.61 Å². The molecule has 0 spiro atoms. The van der Waals surface area contributed by atoms with Gasteiger partial charge in [-0.05, 0) is 65.4 Å². The molecule has 0 atom stereocenters. The molecule has 1 fully saturated rings. The Morgan fingerprint density at radius 2 is 1.71 bits per heavy atom. The first-order valence-electron chi connectivity index (χ1n) is 9.43. The molecule has 0 aromatic heterocycles. The molecule has 7 heteroatoms. The van der Waals surface area contributed by atoms with E-state index in [9.17, 15) is 14.0 Å². The zero-order chi connectivity index (χ0) is 21.8. The lowest BCUT2D eigenvalue weighted by molar-refractivity contribution is -0.113. The molecule has 5 nitrogen and oxygen atoms in total. The van der Waals surface area contributed by atoms with Crippen LogP contribution in [0.4, 0.5) is 14.9 Å². The van der Waals surface area contributed by atoms with Gasteiger partial charge in [0.1, 0.15) is 12.4 Å². The van der Waals surface area contributed by atoms with Gasteiger partial charge in [0.05, 0.1) is 17.7 Å². The van der Waals surface area contributed by atoms with Crippen LogP contribution in [0.5, 0.6) is 11.5 Å². The fourth-order valence-electron chi connectivity index (χ4n) is 3.05. The van der Waals surface area contributed by atoms with Gasteiger partial charge in [-0.25, -0.2) is 9.29 Å². The maximum absolute atomic E-state index is 13.0. The molecule has 3 aromatic carbocycles. The van der Waals surface area contributed by atoms with Crippen LogP contribution in [0.3, 0.4) is 0 Å². The smallest absolute Gasteiger partial charge is 0.298 e. The summed E-state index contributed by atoms with van der Waals surface area (Å²) in [5.41, 5.74) is 2.06. The molecule has 0 saturated carbocycles. The first-order chi connectivity index (χ1) is 15.0. The summed E-state index contributed by atoms with van der Waals surface area (Å²) in [6.45, 7) is 0.256. The summed E-state index contributed by atoms with van der Waals surface area (Å²) in [5, 5.41) is -0.339. The SMILES string of the molecule is COc1cc(/C=C2/SC(=O)N(c3ccccc3)C2=O)ccc1OCc1ccc(F)cc1. The second kappa shape index (κ2) is 9.06. The first-order valence-corrected chi connectivity index (χ1v) is 10.2. The van der Waals surface area contributed by atoms with Crippen molar-refractivity contribution in [1.29, 1.82) is 0 Å². The quantitative estimate of drug-likeness (QED) is 0.468. The highest BCUT2D eigenvalue weighted by Gasteiger charge is 2.36. The number of thioether (sulfide) groups is 1. The van der Waals surface area contributed by atoms with Crippen LogP contribution >= 0.6 is 11.8 Å². The summed E-state index contributed by atoms with van der Waals surface area (Å²) in [7, 11) is 1.52. The molecule has 0 aliphatic carbocycles.